The molecule has 6 rings (SSSR count). The average molecular weight is 1360 g/mol. The fourth-order valence-electron chi connectivity index (χ4n) is 6.86. The maximum Gasteiger partial charge on any atom is 0.416 e. The molecule has 0 fully saturated rings. The zero-order valence-electron chi connectivity index (χ0n) is 45.8. The summed E-state index contributed by atoms with van der Waals surface area (Å²) in [5, 5.41) is 9.29. The van der Waals surface area contributed by atoms with E-state index < -0.39 is 93.4 Å². The Morgan fingerprint density at radius 1 is 0.330 bits per heavy atom. The van der Waals surface area contributed by atoms with Crippen LogP contribution in [0.15, 0.2) is 121 Å². The number of carbonyl (C=O) groups is 4. The SMILES string of the molecule is O=C(NNC(=S)Nc1ccc(C(F)(F)F)cc1)c1cc(OCCCOCCOCCOc2cc(C(=O)NNC(=S)Nc3ccc(C(F)(F)F)cc3)nc(C(=O)NNC(=S)Nc3ccc(C(F)(F)F)cc3)c2)cc(C(=O)NNC(=S)Nc2ccc(C(F)(F)F)cc2)n1. The van der Waals surface area contributed by atoms with Gasteiger partial charge < -0.3 is 40.2 Å². The molecular weight excluding hydrogens is 1320 g/mol. The summed E-state index contributed by atoms with van der Waals surface area (Å²) >= 11 is 20.5. The van der Waals surface area contributed by atoms with Crippen LogP contribution in [0.4, 0.5) is 75.4 Å². The molecule has 12 N–H and O–H groups in total. The summed E-state index contributed by atoms with van der Waals surface area (Å²) in [6.45, 7) is -0.142. The standard InChI is InChI=1S/C53H46F12N14O8S4/c54-50(55,56)28-2-10-32(11-3-28)66-46(88)76-72-42(80)38-24-36(25-39(70-38)43(81)73-77-47(89)67-33-12-4-29(5-13-33)51(57,58)59)86-19-1-18-84-20-21-85-22-23-87-37-26-40(44(82)74-78-48(90)68-34-14-6-30(7-15-34)52(60,61)62)71-41(27-37)45(83)75-79-49(91)69-35-16-8-31(9-17-35)53(63,64)65/h2-17,24-27H,1,18-23H2,(H,72,80)(H,73,81)(H,74,82)(H,75,83)(H2,66,76,88)(H2,67,77,89)(H2,68,78,90)(H2,69,79,91). The number of carbonyl (C=O) groups excluding carboxylic acids is 4. The highest BCUT2D eigenvalue weighted by molar-refractivity contribution is 7.81. The summed E-state index contributed by atoms with van der Waals surface area (Å²) < 4.78 is 179. The van der Waals surface area contributed by atoms with Crippen molar-refractivity contribution in [1.29, 1.82) is 0 Å². The molecule has 0 saturated carbocycles. The summed E-state index contributed by atoms with van der Waals surface area (Å²) in [4.78, 5) is 61.2. The highest BCUT2D eigenvalue weighted by Crippen LogP contribution is 2.33. The van der Waals surface area contributed by atoms with Crippen molar-refractivity contribution in [2.75, 3.05) is 60.9 Å². The van der Waals surface area contributed by atoms with Crippen molar-refractivity contribution in [3.8, 4) is 11.5 Å². The van der Waals surface area contributed by atoms with E-state index in [1.165, 1.54) is 0 Å². The number of rotatable bonds is 20. The average Bonchev–Trinajstić information content (AvgIpc) is 1.89. The van der Waals surface area contributed by atoms with Crippen LogP contribution in [0.25, 0.3) is 0 Å². The van der Waals surface area contributed by atoms with E-state index >= 15 is 0 Å². The molecule has 4 amide bonds. The molecule has 0 bridgehead atoms. The number of thiocarbonyl (C=S) groups is 4. The van der Waals surface area contributed by atoms with Gasteiger partial charge in [-0.15, -0.1) is 0 Å². The third-order valence-corrected chi connectivity index (χ3v) is 12.0. The van der Waals surface area contributed by atoms with Crippen LogP contribution >= 0.6 is 48.9 Å². The molecule has 0 atom stereocenters. The van der Waals surface area contributed by atoms with Crippen LogP contribution in [-0.4, -0.2) is 93.7 Å². The van der Waals surface area contributed by atoms with Gasteiger partial charge in [-0.1, -0.05) is 0 Å². The molecule has 2 aromatic heterocycles. The number of aromatic nitrogens is 2. The fraction of sp³-hybridized carbons (Fsp3) is 0.208. The van der Waals surface area contributed by atoms with Gasteiger partial charge in [0.15, 0.2) is 20.4 Å². The molecule has 38 heteroatoms. The first-order valence-corrected chi connectivity index (χ1v) is 27.2. The van der Waals surface area contributed by atoms with Gasteiger partial charge in [0.1, 0.15) is 40.9 Å². The highest BCUT2D eigenvalue weighted by Gasteiger charge is 2.33. The van der Waals surface area contributed by atoms with Crippen LogP contribution in [0, 0.1) is 0 Å². The third-order valence-electron chi connectivity index (χ3n) is 11.1. The molecule has 6 aromatic rings. The van der Waals surface area contributed by atoms with E-state index in [1.54, 1.807) is 0 Å². The predicted octanol–water partition coefficient (Wildman–Crippen LogP) is 8.96. The largest absolute Gasteiger partial charge is 0.493 e. The van der Waals surface area contributed by atoms with E-state index in [0.717, 1.165) is 121 Å². The Morgan fingerprint density at radius 2 is 0.560 bits per heavy atom. The van der Waals surface area contributed by atoms with Crippen molar-refractivity contribution in [3.63, 3.8) is 0 Å². The lowest BCUT2D eigenvalue weighted by molar-refractivity contribution is -0.138. The highest BCUT2D eigenvalue weighted by atomic mass is 32.1. The molecule has 0 radical (unpaired) electrons. The topological polar surface area (TPSA) is 275 Å². The van der Waals surface area contributed by atoms with Gasteiger partial charge in [-0.2, -0.15) is 52.7 Å². The van der Waals surface area contributed by atoms with Crippen molar-refractivity contribution < 1.29 is 90.8 Å². The number of halogens is 12. The van der Waals surface area contributed by atoms with Crippen LogP contribution in [-0.2, 0) is 34.2 Å². The fourth-order valence-corrected chi connectivity index (χ4v) is 7.54. The minimum absolute atomic E-state index is 0.0238. The van der Waals surface area contributed by atoms with Crippen LogP contribution in [0.3, 0.4) is 0 Å². The molecular formula is C53H46F12N14O8S4. The van der Waals surface area contributed by atoms with Crippen molar-refractivity contribution in [3.05, 3.63) is 166 Å². The molecule has 484 valence electrons. The van der Waals surface area contributed by atoms with Crippen LogP contribution in [0.1, 0.15) is 70.6 Å². The van der Waals surface area contributed by atoms with E-state index in [1.807, 2.05) is 0 Å². The van der Waals surface area contributed by atoms with Gasteiger partial charge in [-0.25, -0.2) is 9.97 Å². The second-order valence-electron chi connectivity index (χ2n) is 17.9. The quantitative estimate of drug-likeness (QED) is 0.0147. The number of ether oxygens (including phenoxy) is 4. The van der Waals surface area contributed by atoms with Crippen LogP contribution in [0.2, 0.25) is 0 Å². The van der Waals surface area contributed by atoms with E-state index in [-0.39, 0.29) is 101 Å². The van der Waals surface area contributed by atoms with Gasteiger partial charge in [0.2, 0.25) is 0 Å². The number of nitrogens with one attached hydrogen (secondary N) is 12. The van der Waals surface area contributed by atoms with Gasteiger partial charge >= 0.3 is 24.7 Å². The Morgan fingerprint density at radius 3 is 0.813 bits per heavy atom. The molecule has 91 heavy (non-hydrogen) atoms. The summed E-state index contributed by atoms with van der Waals surface area (Å²) in [6.07, 6.45) is -18.1. The van der Waals surface area contributed by atoms with Crippen molar-refractivity contribution in [1.82, 2.24) is 53.4 Å². The summed E-state index contributed by atoms with van der Waals surface area (Å²) in [7, 11) is 0. The summed E-state index contributed by atoms with van der Waals surface area (Å²) in [6, 6.07) is 19.8. The van der Waals surface area contributed by atoms with Gasteiger partial charge in [0.25, 0.3) is 23.6 Å². The molecule has 22 nitrogen and oxygen atoms in total. The lowest BCUT2D eigenvalue weighted by Crippen LogP contribution is -2.45. The summed E-state index contributed by atoms with van der Waals surface area (Å²) in [5.41, 5.74) is 13.6. The minimum atomic E-state index is -4.59. The first kappa shape index (κ1) is 70.6. The first-order chi connectivity index (χ1) is 42.9. The Hall–Kier alpha value is -9.50. The number of nitrogens with zero attached hydrogens (tertiary/aromatic N) is 2. The number of hydrogen-bond acceptors (Lipinski definition) is 14. The number of benzene rings is 4. The third kappa shape index (κ3) is 23.8. The zero-order chi connectivity index (χ0) is 66.5. The molecule has 0 spiro atoms. The van der Waals surface area contributed by atoms with Crippen molar-refractivity contribution in [2.24, 2.45) is 0 Å². The summed E-state index contributed by atoms with van der Waals surface area (Å²) in [5.74, 6) is -4.05. The Bertz CT molecular complexity index is 3120. The predicted molar refractivity (Wildman–Crippen MR) is 319 cm³/mol. The molecule has 2 heterocycles. The number of hydrogen-bond donors (Lipinski definition) is 12. The van der Waals surface area contributed by atoms with Gasteiger partial charge in [0.05, 0.1) is 48.7 Å². The first-order valence-electron chi connectivity index (χ1n) is 25.5. The smallest absolute Gasteiger partial charge is 0.416 e. The second-order valence-corrected chi connectivity index (χ2v) is 19.5. The molecule has 0 aliphatic rings. The van der Waals surface area contributed by atoms with E-state index in [0.29, 0.717) is 0 Å². The van der Waals surface area contributed by atoms with Crippen molar-refractivity contribution in [2.45, 2.75) is 31.1 Å². The number of pyridine rings is 2. The van der Waals surface area contributed by atoms with Crippen LogP contribution < -0.4 is 74.1 Å². The monoisotopic (exact) mass is 1360 g/mol. The van der Waals surface area contributed by atoms with E-state index in [9.17, 15) is 71.9 Å². The van der Waals surface area contributed by atoms with E-state index in [4.69, 9.17) is 67.8 Å². The lowest BCUT2D eigenvalue weighted by atomic mass is 10.2. The molecule has 0 unspecified atom stereocenters. The minimum Gasteiger partial charge on any atom is -0.493 e. The van der Waals surface area contributed by atoms with Gasteiger partial charge in [-0.05, 0) is 146 Å². The number of anilines is 4. The normalized spacial score (nSPS) is 11.4. The molecule has 0 aliphatic heterocycles. The second kappa shape index (κ2) is 32.3. The Kier molecular flexibility index (Phi) is 25.1. The molecule has 0 saturated heterocycles. The zero-order valence-corrected chi connectivity index (χ0v) is 49.1. The van der Waals surface area contributed by atoms with Crippen LogP contribution in [0.5, 0.6) is 11.5 Å². The maximum atomic E-state index is 13.3. The Labute approximate surface area is 527 Å². The number of hydrazine groups is 4. The maximum absolute atomic E-state index is 13.3. The lowest BCUT2D eigenvalue weighted by Gasteiger charge is -2.15. The van der Waals surface area contributed by atoms with Crippen molar-refractivity contribution >= 4 is 116 Å². The molecule has 4 aromatic carbocycles. The molecule has 0 aliphatic carbocycles. The Balaban J connectivity index is 0.990. The number of amides is 4. The van der Waals surface area contributed by atoms with Gasteiger partial charge in [0, 0.05) is 60.0 Å². The number of alkyl halides is 12. The van der Waals surface area contributed by atoms with Gasteiger partial charge in [-0.3, -0.25) is 62.6 Å². The van der Waals surface area contributed by atoms with E-state index in [2.05, 4.69) is 74.6 Å².